The quantitative estimate of drug-likeness (QED) is 0.908. The third-order valence-electron chi connectivity index (χ3n) is 3.03. The maximum atomic E-state index is 12.4. The molecule has 0 unspecified atom stereocenters. The summed E-state index contributed by atoms with van der Waals surface area (Å²) in [7, 11) is 1.73. The van der Waals surface area contributed by atoms with Crippen LogP contribution in [0, 0.1) is 0 Å². The van der Waals surface area contributed by atoms with Crippen LogP contribution in [-0.2, 0) is 18.8 Å². The minimum Gasteiger partial charge on any atom is -0.383 e. The summed E-state index contributed by atoms with van der Waals surface area (Å²) in [4.78, 5) is 3.68. The average molecular weight is 300 g/mol. The maximum absolute atomic E-state index is 12.4. The van der Waals surface area contributed by atoms with E-state index in [1.807, 2.05) is 0 Å². The Kier molecular flexibility index (Phi) is 3.91. The molecule has 0 saturated heterocycles. The molecule has 2 rings (SSSR count). The van der Waals surface area contributed by atoms with Gasteiger partial charge in [-0.3, -0.25) is 4.68 Å². The lowest BCUT2D eigenvalue weighted by Gasteiger charge is -2.22. The second-order valence-corrected chi connectivity index (χ2v) is 4.96. The first-order valence-corrected chi connectivity index (χ1v) is 6.17. The largest absolute Gasteiger partial charge is 0.417 e. The first-order chi connectivity index (χ1) is 9.68. The van der Waals surface area contributed by atoms with Crippen molar-refractivity contribution in [2.24, 2.45) is 7.05 Å². The van der Waals surface area contributed by atoms with Gasteiger partial charge in [-0.1, -0.05) is 0 Å². The fourth-order valence-corrected chi connectivity index (χ4v) is 1.73. The highest BCUT2D eigenvalue weighted by Crippen LogP contribution is 2.29. The molecule has 2 N–H and O–H groups in total. The van der Waals surface area contributed by atoms with Gasteiger partial charge in [0.1, 0.15) is 11.4 Å². The molecule has 0 aliphatic carbocycles. The summed E-state index contributed by atoms with van der Waals surface area (Å²) >= 11 is 0. The van der Waals surface area contributed by atoms with E-state index in [0.29, 0.717) is 5.56 Å². The molecule has 8 heteroatoms. The smallest absolute Gasteiger partial charge is 0.383 e. The Bertz CT molecular complexity index is 605. The van der Waals surface area contributed by atoms with Crippen LogP contribution in [0.2, 0.25) is 0 Å². The molecule has 0 amide bonds. The van der Waals surface area contributed by atoms with Gasteiger partial charge < -0.3 is 10.4 Å². The van der Waals surface area contributed by atoms with E-state index in [2.05, 4.69) is 15.4 Å². The first kappa shape index (κ1) is 15.3. The second-order valence-electron chi connectivity index (χ2n) is 4.96. The van der Waals surface area contributed by atoms with Crippen molar-refractivity contribution in [1.82, 2.24) is 14.8 Å². The molecule has 0 aliphatic rings. The van der Waals surface area contributed by atoms with Crippen molar-refractivity contribution < 1.29 is 18.3 Å². The third kappa shape index (κ3) is 3.72. The van der Waals surface area contributed by atoms with Crippen LogP contribution < -0.4 is 5.32 Å². The van der Waals surface area contributed by atoms with Crippen molar-refractivity contribution in [2.75, 3.05) is 11.9 Å². The fraction of sp³-hybridized carbons (Fsp3) is 0.385. The van der Waals surface area contributed by atoms with Crippen LogP contribution in [-0.4, -0.2) is 26.4 Å². The fourth-order valence-electron chi connectivity index (χ4n) is 1.73. The van der Waals surface area contributed by atoms with Crippen LogP contribution in [0.15, 0.2) is 30.7 Å². The summed E-state index contributed by atoms with van der Waals surface area (Å²) in [6, 6.07) is 2.16. The van der Waals surface area contributed by atoms with Crippen molar-refractivity contribution in [3.8, 4) is 0 Å². The van der Waals surface area contributed by atoms with Gasteiger partial charge in [0, 0.05) is 31.5 Å². The summed E-state index contributed by atoms with van der Waals surface area (Å²) in [5.74, 6) is 0.257. The number of aromatic nitrogens is 3. The molecule has 0 aliphatic heterocycles. The Labute approximate surface area is 119 Å². The van der Waals surface area contributed by atoms with E-state index in [4.69, 9.17) is 0 Å². The molecule has 2 aromatic heterocycles. The Morgan fingerprint density at radius 1 is 1.24 bits per heavy atom. The normalized spacial score (nSPS) is 14.8. The van der Waals surface area contributed by atoms with Crippen LogP contribution in [0.4, 0.5) is 19.0 Å². The molecule has 21 heavy (non-hydrogen) atoms. The summed E-state index contributed by atoms with van der Waals surface area (Å²) in [6.07, 6.45) is -0.461. The lowest BCUT2D eigenvalue weighted by atomic mass is 10.00. The van der Waals surface area contributed by atoms with E-state index in [-0.39, 0.29) is 12.4 Å². The number of nitrogens with one attached hydrogen (secondary N) is 1. The molecule has 0 aromatic carbocycles. The highest BCUT2D eigenvalue weighted by molar-refractivity contribution is 5.37. The van der Waals surface area contributed by atoms with E-state index in [0.717, 1.165) is 12.3 Å². The average Bonchev–Trinajstić information content (AvgIpc) is 2.83. The predicted octanol–water partition coefficient (Wildman–Crippen LogP) is 2.15. The van der Waals surface area contributed by atoms with Gasteiger partial charge in [-0.25, -0.2) is 4.98 Å². The Morgan fingerprint density at radius 2 is 1.95 bits per heavy atom. The van der Waals surface area contributed by atoms with Gasteiger partial charge in [-0.05, 0) is 19.1 Å². The van der Waals surface area contributed by atoms with Crippen molar-refractivity contribution in [3.63, 3.8) is 0 Å². The second kappa shape index (κ2) is 5.36. The monoisotopic (exact) mass is 300 g/mol. The Balaban J connectivity index is 2.02. The van der Waals surface area contributed by atoms with Gasteiger partial charge in [0.2, 0.25) is 0 Å². The van der Waals surface area contributed by atoms with Crippen LogP contribution >= 0.6 is 0 Å². The number of rotatable bonds is 4. The maximum Gasteiger partial charge on any atom is 0.417 e. The molecule has 0 spiro atoms. The van der Waals surface area contributed by atoms with Crippen molar-refractivity contribution >= 4 is 5.82 Å². The van der Waals surface area contributed by atoms with Crippen LogP contribution in [0.25, 0.3) is 0 Å². The van der Waals surface area contributed by atoms with E-state index in [1.54, 1.807) is 24.9 Å². The molecule has 2 heterocycles. The lowest BCUT2D eigenvalue weighted by Crippen LogP contribution is -2.30. The molecular weight excluding hydrogens is 285 g/mol. The minimum absolute atomic E-state index is 0.0943. The summed E-state index contributed by atoms with van der Waals surface area (Å²) in [5.41, 5.74) is -1.42. The van der Waals surface area contributed by atoms with Crippen molar-refractivity contribution in [3.05, 3.63) is 41.9 Å². The van der Waals surface area contributed by atoms with Crippen LogP contribution in [0.1, 0.15) is 18.1 Å². The minimum atomic E-state index is -4.41. The standard InChI is InChI=1S/C13H15F3N4O/c1-12(21,10-6-19-20(2)7-10)8-18-11-4-3-9(5-17-11)13(14,15)16/h3-7,21H,8H2,1-2H3,(H,17,18)/t12-/m1/s1. The number of hydrogen-bond donors (Lipinski definition) is 2. The van der Waals surface area contributed by atoms with Crippen LogP contribution in [0.3, 0.4) is 0 Å². The van der Waals surface area contributed by atoms with Crippen molar-refractivity contribution in [1.29, 1.82) is 0 Å². The lowest BCUT2D eigenvalue weighted by molar-refractivity contribution is -0.137. The third-order valence-corrected chi connectivity index (χ3v) is 3.03. The topological polar surface area (TPSA) is 63.0 Å². The van der Waals surface area contributed by atoms with E-state index in [1.165, 1.54) is 12.3 Å². The highest BCUT2D eigenvalue weighted by atomic mass is 19.4. The Hall–Kier alpha value is -2.09. The van der Waals surface area contributed by atoms with E-state index in [9.17, 15) is 18.3 Å². The van der Waals surface area contributed by atoms with E-state index >= 15 is 0 Å². The number of pyridine rings is 1. The first-order valence-electron chi connectivity index (χ1n) is 6.17. The molecule has 0 saturated carbocycles. The predicted molar refractivity (Wildman–Crippen MR) is 70.5 cm³/mol. The molecule has 114 valence electrons. The molecule has 0 bridgehead atoms. The number of hydrogen-bond acceptors (Lipinski definition) is 4. The van der Waals surface area contributed by atoms with Crippen molar-refractivity contribution in [2.45, 2.75) is 18.7 Å². The molecule has 0 fully saturated rings. The summed E-state index contributed by atoms with van der Waals surface area (Å²) < 4.78 is 38.8. The number of aliphatic hydroxyl groups is 1. The van der Waals surface area contributed by atoms with Gasteiger partial charge in [-0.15, -0.1) is 0 Å². The highest BCUT2D eigenvalue weighted by Gasteiger charge is 2.31. The van der Waals surface area contributed by atoms with Gasteiger partial charge in [0.15, 0.2) is 0 Å². The molecule has 1 atom stereocenters. The zero-order chi connectivity index (χ0) is 15.7. The van der Waals surface area contributed by atoms with Gasteiger partial charge >= 0.3 is 6.18 Å². The van der Waals surface area contributed by atoms with Crippen LogP contribution in [0.5, 0.6) is 0 Å². The molecule has 5 nitrogen and oxygen atoms in total. The zero-order valence-corrected chi connectivity index (χ0v) is 11.5. The van der Waals surface area contributed by atoms with Gasteiger partial charge in [0.25, 0.3) is 0 Å². The zero-order valence-electron chi connectivity index (χ0n) is 11.5. The number of nitrogens with zero attached hydrogens (tertiary/aromatic N) is 3. The number of anilines is 1. The molecule has 0 radical (unpaired) electrons. The number of aryl methyl sites for hydroxylation is 1. The molecular formula is C13H15F3N4O. The summed E-state index contributed by atoms with van der Waals surface area (Å²) in [5, 5.41) is 17.1. The van der Waals surface area contributed by atoms with Gasteiger partial charge in [0.05, 0.1) is 11.8 Å². The van der Waals surface area contributed by atoms with E-state index < -0.39 is 17.3 Å². The Morgan fingerprint density at radius 3 is 2.43 bits per heavy atom. The summed E-state index contributed by atoms with van der Waals surface area (Å²) in [6.45, 7) is 1.68. The molecule has 2 aromatic rings. The number of halogens is 3. The van der Waals surface area contributed by atoms with Gasteiger partial charge in [-0.2, -0.15) is 18.3 Å². The number of alkyl halides is 3. The SMILES string of the molecule is Cn1cc([C@](C)(O)CNc2ccc(C(F)(F)F)cn2)cn1.